The standard InChI is InChI=1S/C12H10F2O2/c1-15-12(13,14)16-11-7-6-9-4-2-3-5-10(9)8-11/h2-8H,1H3. The highest BCUT2D eigenvalue weighted by Crippen LogP contribution is 2.25. The van der Waals surface area contributed by atoms with Crippen molar-refractivity contribution in [2.45, 2.75) is 6.29 Å². The Bertz CT molecular complexity index is 497. The van der Waals surface area contributed by atoms with Gasteiger partial charge in [0.05, 0.1) is 0 Å². The monoisotopic (exact) mass is 224 g/mol. The van der Waals surface area contributed by atoms with Crippen LogP contribution in [0.15, 0.2) is 42.5 Å². The molecule has 4 heteroatoms. The molecule has 0 bridgehead atoms. The summed E-state index contributed by atoms with van der Waals surface area (Å²) < 4.78 is 33.9. The molecule has 2 nitrogen and oxygen atoms in total. The Morgan fingerprint density at radius 3 is 2.38 bits per heavy atom. The molecule has 0 aromatic heterocycles. The van der Waals surface area contributed by atoms with Crippen molar-refractivity contribution in [3.8, 4) is 5.75 Å². The predicted molar refractivity (Wildman–Crippen MR) is 56.5 cm³/mol. The second-order valence-corrected chi connectivity index (χ2v) is 3.28. The summed E-state index contributed by atoms with van der Waals surface area (Å²) in [7, 11) is 0.890. The van der Waals surface area contributed by atoms with Crippen LogP contribution in [0, 0.1) is 0 Å². The molecule has 0 radical (unpaired) electrons. The molecule has 0 atom stereocenters. The molecular weight excluding hydrogens is 214 g/mol. The second kappa shape index (κ2) is 4.06. The maximum atomic E-state index is 12.8. The summed E-state index contributed by atoms with van der Waals surface area (Å²) in [6.07, 6.45) is -3.59. The van der Waals surface area contributed by atoms with Gasteiger partial charge >= 0.3 is 6.29 Å². The highest BCUT2D eigenvalue weighted by Gasteiger charge is 2.31. The van der Waals surface area contributed by atoms with Gasteiger partial charge in [-0.15, -0.1) is 8.78 Å². The molecule has 0 saturated heterocycles. The average Bonchev–Trinajstić information content (AvgIpc) is 2.28. The van der Waals surface area contributed by atoms with Crippen molar-refractivity contribution in [1.82, 2.24) is 0 Å². The van der Waals surface area contributed by atoms with E-state index in [1.165, 1.54) is 6.07 Å². The first-order valence-electron chi connectivity index (χ1n) is 4.71. The van der Waals surface area contributed by atoms with Crippen LogP contribution in [0.25, 0.3) is 10.8 Å². The van der Waals surface area contributed by atoms with Crippen molar-refractivity contribution in [2.24, 2.45) is 0 Å². The fourth-order valence-electron chi connectivity index (χ4n) is 1.41. The van der Waals surface area contributed by atoms with Gasteiger partial charge in [-0.05, 0) is 22.9 Å². The molecule has 0 N–H and O–H groups in total. The van der Waals surface area contributed by atoms with E-state index in [1.54, 1.807) is 12.1 Å². The number of halogens is 2. The van der Waals surface area contributed by atoms with Crippen molar-refractivity contribution >= 4 is 10.8 Å². The summed E-state index contributed by atoms with van der Waals surface area (Å²) in [6.45, 7) is 0. The molecule has 84 valence electrons. The van der Waals surface area contributed by atoms with E-state index >= 15 is 0 Å². The minimum atomic E-state index is -3.59. The van der Waals surface area contributed by atoms with Crippen LogP contribution in [0.4, 0.5) is 8.78 Å². The molecule has 0 unspecified atom stereocenters. The number of rotatable bonds is 3. The van der Waals surface area contributed by atoms with E-state index in [0.29, 0.717) is 0 Å². The molecule has 0 aliphatic carbocycles. The molecule has 0 aliphatic heterocycles. The van der Waals surface area contributed by atoms with E-state index in [0.717, 1.165) is 17.9 Å². The van der Waals surface area contributed by atoms with E-state index in [-0.39, 0.29) is 5.75 Å². The fraction of sp³-hybridized carbons (Fsp3) is 0.167. The molecule has 16 heavy (non-hydrogen) atoms. The first-order valence-corrected chi connectivity index (χ1v) is 4.71. The van der Waals surface area contributed by atoms with Gasteiger partial charge in [0.2, 0.25) is 0 Å². The lowest BCUT2D eigenvalue weighted by Gasteiger charge is -2.15. The third-order valence-corrected chi connectivity index (χ3v) is 2.20. The summed E-state index contributed by atoms with van der Waals surface area (Å²) in [4.78, 5) is 0. The summed E-state index contributed by atoms with van der Waals surface area (Å²) >= 11 is 0. The third kappa shape index (κ3) is 2.28. The van der Waals surface area contributed by atoms with Gasteiger partial charge in [-0.25, -0.2) is 0 Å². The number of hydrogen-bond donors (Lipinski definition) is 0. The summed E-state index contributed by atoms with van der Waals surface area (Å²) in [6, 6.07) is 12.2. The van der Waals surface area contributed by atoms with E-state index in [1.807, 2.05) is 24.3 Å². The zero-order valence-corrected chi connectivity index (χ0v) is 8.61. The Balaban J connectivity index is 2.33. The molecule has 0 spiro atoms. The summed E-state index contributed by atoms with van der Waals surface area (Å²) in [5.74, 6) is 0.0746. The fourth-order valence-corrected chi connectivity index (χ4v) is 1.41. The van der Waals surface area contributed by atoms with Gasteiger partial charge < -0.3 is 4.74 Å². The van der Waals surface area contributed by atoms with Crippen LogP contribution in [-0.2, 0) is 4.74 Å². The van der Waals surface area contributed by atoms with Crippen LogP contribution < -0.4 is 4.74 Å². The average molecular weight is 224 g/mol. The molecule has 2 aromatic rings. The van der Waals surface area contributed by atoms with Crippen LogP contribution in [0.1, 0.15) is 0 Å². The highest BCUT2D eigenvalue weighted by molar-refractivity contribution is 5.83. The van der Waals surface area contributed by atoms with Crippen LogP contribution >= 0.6 is 0 Å². The largest absolute Gasteiger partial charge is 0.535 e. The van der Waals surface area contributed by atoms with Crippen molar-refractivity contribution in [2.75, 3.05) is 7.11 Å². The predicted octanol–water partition coefficient (Wildman–Crippen LogP) is 3.42. The number of benzene rings is 2. The van der Waals surface area contributed by atoms with Crippen LogP contribution in [0.5, 0.6) is 5.75 Å². The number of fused-ring (bicyclic) bond motifs is 1. The molecular formula is C12H10F2O2. The van der Waals surface area contributed by atoms with E-state index in [9.17, 15) is 8.78 Å². The number of methoxy groups -OCH3 is 1. The van der Waals surface area contributed by atoms with E-state index < -0.39 is 6.29 Å². The van der Waals surface area contributed by atoms with Crippen molar-refractivity contribution in [3.05, 3.63) is 42.5 Å². The first-order chi connectivity index (χ1) is 7.61. The van der Waals surface area contributed by atoms with E-state index in [4.69, 9.17) is 0 Å². The molecule has 0 aliphatic rings. The molecule has 0 fully saturated rings. The van der Waals surface area contributed by atoms with Gasteiger partial charge in [0.25, 0.3) is 0 Å². The molecule has 2 aromatic carbocycles. The Morgan fingerprint density at radius 2 is 1.69 bits per heavy atom. The minimum absolute atomic E-state index is 0.0746. The van der Waals surface area contributed by atoms with Crippen molar-refractivity contribution < 1.29 is 18.3 Å². The first kappa shape index (κ1) is 10.8. The van der Waals surface area contributed by atoms with Crippen LogP contribution in [-0.4, -0.2) is 13.4 Å². The Morgan fingerprint density at radius 1 is 1.00 bits per heavy atom. The highest BCUT2D eigenvalue weighted by atomic mass is 19.3. The van der Waals surface area contributed by atoms with Crippen LogP contribution in [0.3, 0.4) is 0 Å². The normalized spacial score (nSPS) is 11.7. The minimum Gasteiger partial charge on any atom is -0.409 e. The van der Waals surface area contributed by atoms with E-state index in [2.05, 4.69) is 9.47 Å². The molecule has 0 amide bonds. The lowest BCUT2D eigenvalue weighted by atomic mass is 10.1. The maximum Gasteiger partial charge on any atom is 0.535 e. The molecule has 0 heterocycles. The molecule has 2 rings (SSSR count). The second-order valence-electron chi connectivity index (χ2n) is 3.28. The van der Waals surface area contributed by atoms with Gasteiger partial charge in [-0.2, -0.15) is 0 Å². The maximum absolute atomic E-state index is 12.8. The van der Waals surface area contributed by atoms with Crippen LogP contribution in [0.2, 0.25) is 0 Å². The van der Waals surface area contributed by atoms with Gasteiger partial charge in [0, 0.05) is 7.11 Å². The molecule has 0 saturated carbocycles. The summed E-state index contributed by atoms with van der Waals surface area (Å²) in [5, 5.41) is 1.81. The Labute approximate surface area is 91.4 Å². The zero-order chi connectivity index (χ0) is 11.6. The van der Waals surface area contributed by atoms with Crippen molar-refractivity contribution in [3.63, 3.8) is 0 Å². The smallest absolute Gasteiger partial charge is 0.409 e. The lowest BCUT2D eigenvalue weighted by molar-refractivity contribution is -0.342. The zero-order valence-electron chi connectivity index (χ0n) is 8.61. The summed E-state index contributed by atoms with van der Waals surface area (Å²) in [5.41, 5.74) is 0. The Hall–Kier alpha value is -1.68. The number of hydrogen-bond acceptors (Lipinski definition) is 2. The van der Waals surface area contributed by atoms with Gasteiger partial charge in [-0.3, -0.25) is 4.74 Å². The quantitative estimate of drug-likeness (QED) is 0.744. The lowest BCUT2D eigenvalue weighted by Crippen LogP contribution is -2.26. The van der Waals surface area contributed by atoms with Gasteiger partial charge in [-0.1, -0.05) is 30.3 Å². The number of ether oxygens (including phenoxy) is 2. The van der Waals surface area contributed by atoms with Crippen molar-refractivity contribution in [1.29, 1.82) is 0 Å². The number of alkyl halides is 2. The topological polar surface area (TPSA) is 18.5 Å². The van der Waals surface area contributed by atoms with Gasteiger partial charge in [0.1, 0.15) is 5.75 Å². The SMILES string of the molecule is COC(F)(F)Oc1ccc2ccccc2c1. The Kier molecular flexibility index (Phi) is 2.75. The third-order valence-electron chi connectivity index (χ3n) is 2.20. The van der Waals surface area contributed by atoms with Gasteiger partial charge in [0.15, 0.2) is 0 Å².